The summed E-state index contributed by atoms with van der Waals surface area (Å²) in [7, 11) is -1.08. The Kier molecular flexibility index (Phi) is 5.16. The van der Waals surface area contributed by atoms with Crippen LogP contribution in [-0.4, -0.2) is 44.0 Å². The van der Waals surface area contributed by atoms with Gasteiger partial charge in [-0.3, -0.25) is 4.90 Å². The van der Waals surface area contributed by atoms with Crippen molar-refractivity contribution >= 4 is 9.84 Å². The summed E-state index contributed by atoms with van der Waals surface area (Å²) in [5, 5.41) is 9.84. The van der Waals surface area contributed by atoms with Gasteiger partial charge < -0.3 is 5.11 Å². The highest BCUT2D eigenvalue weighted by molar-refractivity contribution is 7.90. The van der Waals surface area contributed by atoms with E-state index < -0.39 is 9.84 Å². The number of phenolic OH excluding ortho intramolecular Hbond substituents is 1. The average Bonchev–Trinajstić information content (AvgIpc) is 2.29. The first-order chi connectivity index (χ1) is 8.35. The Hall–Kier alpha value is -1.07. The van der Waals surface area contributed by atoms with E-state index in [4.69, 9.17) is 0 Å². The van der Waals surface area contributed by atoms with E-state index in [2.05, 4.69) is 0 Å². The molecule has 5 heteroatoms. The van der Waals surface area contributed by atoms with E-state index in [-0.39, 0.29) is 17.5 Å². The van der Waals surface area contributed by atoms with E-state index in [0.29, 0.717) is 6.54 Å². The number of phenols is 1. The lowest BCUT2D eigenvalue weighted by Crippen LogP contribution is -2.29. The molecule has 1 aromatic rings. The zero-order chi connectivity index (χ0) is 13.8. The van der Waals surface area contributed by atoms with Crippen LogP contribution in [0, 0.1) is 0 Å². The molecule has 0 bridgehead atoms. The Morgan fingerprint density at radius 1 is 1.33 bits per heavy atom. The van der Waals surface area contributed by atoms with Crippen molar-refractivity contribution < 1.29 is 13.5 Å². The highest BCUT2D eigenvalue weighted by Gasteiger charge is 2.18. The third-order valence-electron chi connectivity index (χ3n) is 3.03. The van der Waals surface area contributed by atoms with Crippen molar-refractivity contribution in [3.63, 3.8) is 0 Å². The minimum Gasteiger partial charge on any atom is -0.508 e. The number of para-hydroxylation sites is 1. The lowest BCUT2D eigenvalue weighted by Gasteiger charge is -2.27. The molecule has 0 radical (unpaired) electrons. The third-order valence-corrected chi connectivity index (χ3v) is 3.95. The van der Waals surface area contributed by atoms with Gasteiger partial charge in [0.1, 0.15) is 15.6 Å². The smallest absolute Gasteiger partial charge is 0.148 e. The van der Waals surface area contributed by atoms with E-state index in [1.54, 1.807) is 12.1 Å². The standard InChI is InChI=1S/C13H21NO3S/c1-4-12(11-7-5-6-8-13(11)15)14(2)9-10-18(3,16)17/h5-8,12,15H,4,9-10H2,1-3H3. The van der Waals surface area contributed by atoms with Crippen molar-refractivity contribution in [2.24, 2.45) is 0 Å². The maximum absolute atomic E-state index is 11.2. The molecule has 1 rings (SSSR count). The monoisotopic (exact) mass is 271 g/mol. The highest BCUT2D eigenvalue weighted by atomic mass is 32.2. The second-order valence-corrected chi connectivity index (χ2v) is 6.85. The molecular formula is C13H21NO3S. The Bertz CT molecular complexity index is 485. The van der Waals surface area contributed by atoms with Crippen molar-refractivity contribution in [2.45, 2.75) is 19.4 Å². The largest absolute Gasteiger partial charge is 0.508 e. The van der Waals surface area contributed by atoms with Gasteiger partial charge in [0.05, 0.1) is 5.75 Å². The van der Waals surface area contributed by atoms with E-state index in [9.17, 15) is 13.5 Å². The number of rotatable bonds is 6. The van der Waals surface area contributed by atoms with E-state index in [1.165, 1.54) is 6.26 Å². The minimum absolute atomic E-state index is 0.0351. The molecule has 0 aliphatic heterocycles. The molecule has 0 spiro atoms. The molecule has 0 heterocycles. The number of aromatic hydroxyl groups is 1. The van der Waals surface area contributed by atoms with Gasteiger partial charge in [-0.1, -0.05) is 25.1 Å². The molecule has 0 amide bonds. The lowest BCUT2D eigenvalue weighted by molar-refractivity contribution is 0.247. The van der Waals surface area contributed by atoms with Gasteiger partial charge in [-0.05, 0) is 19.5 Å². The Morgan fingerprint density at radius 3 is 2.44 bits per heavy atom. The van der Waals surface area contributed by atoms with Crippen LogP contribution in [0.5, 0.6) is 5.75 Å². The number of hydrogen-bond acceptors (Lipinski definition) is 4. The van der Waals surface area contributed by atoms with Crippen molar-refractivity contribution in [1.29, 1.82) is 0 Å². The number of benzene rings is 1. The highest BCUT2D eigenvalue weighted by Crippen LogP contribution is 2.29. The molecule has 0 fully saturated rings. The van der Waals surface area contributed by atoms with Crippen molar-refractivity contribution in [1.82, 2.24) is 4.90 Å². The number of hydrogen-bond donors (Lipinski definition) is 1. The van der Waals surface area contributed by atoms with Crippen molar-refractivity contribution in [3.8, 4) is 5.75 Å². The van der Waals surface area contributed by atoms with Gasteiger partial charge in [-0.2, -0.15) is 0 Å². The van der Waals surface area contributed by atoms with Crippen LogP contribution in [0.4, 0.5) is 0 Å². The number of sulfone groups is 1. The van der Waals surface area contributed by atoms with Gasteiger partial charge in [0.2, 0.25) is 0 Å². The molecule has 1 unspecified atom stereocenters. The maximum atomic E-state index is 11.2. The van der Waals surface area contributed by atoms with E-state index in [1.807, 2.05) is 31.0 Å². The Labute approximate surface area is 109 Å². The summed E-state index contributed by atoms with van der Waals surface area (Å²) in [5.74, 6) is 0.392. The predicted molar refractivity (Wildman–Crippen MR) is 73.5 cm³/mol. The molecule has 0 saturated heterocycles. The molecule has 18 heavy (non-hydrogen) atoms. The summed E-state index contributed by atoms with van der Waals surface area (Å²) in [4.78, 5) is 1.97. The van der Waals surface area contributed by atoms with Gasteiger partial charge in [-0.15, -0.1) is 0 Å². The fourth-order valence-electron chi connectivity index (χ4n) is 2.00. The fourth-order valence-corrected chi connectivity index (χ4v) is 2.62. The van der Waals surface area contributed by atoms with Crippen LogP contribution >= 0.6 is 0 Å². The molecular weight excluding hydrogens is 250 g/mol. The van der Waals surface area contributed by atoms with Crippen LogP contribution in [0.25, 0.3) is 0 Å². The van der Waals surface area contributed by atoms with Gasteiger partial charge in [0, 0.05) is 24.4 Å². The molecule has 0 aliphatic rings. The second kappa shape index (κ2) is 6.20. The molecule has 1 aromatic carbocycles. The molecule has 1 atom stereocenters. The average molecular weight is 271 g/mol. The Morgan fingerprint density at radius 2 is 1.94 bits per heavy atom. The van der Waals surface area contributed by atoms with Crippen LogP contribution in [0.1, 0.15) is 24.9 Å². The fraction of sp³-hybridized carbons (Fsp3) is 0.538. The van der Waals surface area contributed by atoms with Gasteiger partial charge in [0.15, 0.2) is 0 Å². The molecule has 4 nitrogen and oxygen atoms in total. The first-order valence-electron chi connectivity index (χ1n) is 6.01. The van der Waals surface area contributed by atoms with Gasteiger partial charge in [-0.25, -0.2) is 8.42 Å². The molecule has 0 aliphatic carbocycles. The zero-order valence-electron chi connectivity index (χ0n) is 11.1. The molecule has 0 aromatic heterocycles. The van der Waals surface area contributed by atoms with Crippen LogP contribution in [0.3, 0.4) is 0 Å². The van der Waals surface area contributed by atoms with Crippen LogP contribution < -0.4 is 0 Å². The normalized spacial score (nSPS) is 13.8. The zero-order valence-corrected chi connectivity index (χ0v) is 11.9. The first-order valence-corrected chi connectivity index (χ1v) is 8.07. The van der Waals surface area contributed by atoms with E-state index >= 15 is 0 Å². The topological polar surface area (TPSA) is 57.6 Å². The summed E-state index contributed by atoms with van der Waals surface area (Å²) in [6.07, 6.45) is 2.06. The van der Waals surface area contributed by atoms with Gasteiger partial charge >= 0.3 is 0 Å². The first kappa shape index (κ1) is 15.0. The van der Waals surface area contributed by atoms with Gasteiger partial charge in [0.25, 0.3) is 0 Å². The minimum atomic E-state index is -2.96. The van der Waals surface area contributed by atoms with Crippen LogP contribution in [0.2, 0.25) is 0 Å². The van der Waals surface area contributed by atoms with Crippen LogP contribution in [0.15, 0.2) is 24.3 Å². The van der Waals surface area contributed by atoms with Crippen LogP contribution in [-0.2, 0) is 9.84 Å². The second-order valence-electron chi connectivity index (χ2n) is 4.59. The van der Waals surface area contributed by atoms with E-state index in [0.717, 1.165) is 12.0 Å². The number of nitrogens with zero attached hydrogens (tertiary/aromatic N) is 1. The lowest BCUT2D eigenvalue weighted by atomic mass is 10.0. The quantitative estimate of drug-likeness (QED) is 0.857. The summed E-state index contributed by atoms with van der Waals surface area (Å²) >= 11 is 0. The summed E-state index contributed by atoms with van der Waals surface area (Å²) in [6.45, 7) is 2.49. The molecule has 0 saturated carbocycles. The summed E-state index contributed by atoms with van der Waals surface area (Å²) < 4.78 is 22.3. The summed E-state index contributed by atoms with van der Waals surface area (Å²) in [6, 6.07) is 7.22. The Balaban J connectivity index is 2.81. The molecule has 1 N–H and O–H groups in total. The third kappa shape index (κ3) is 4.31. The van der Waals surface area contributed by atoms with Crippen molar-refractivity contribution in [2.75, 3.05) is 25.6 Å². The predicted octanol–water partition coefficient (Wildman–Crippen LogP) is 1.82. The maximum Gasteiger partial charge on any atom is 0.148 e. The van der Waals surface area contributed by atoms with Crippen molar-refractivity contribution in [3.05, 3.63) is 29.8 Å². The summed E-state index contributed by atoms with van der Waals surface area (Å²) in [5.41, 5.74) is 0.844. The molecule has 102 valence electrons. The SMILES string of the molecule is CCC(c1ccccc1O)N(C)CCS(C)(=O)=O.